The number of hydrogen-bond acceptors (Lipinski definition) is 3. The molecule has 6 heteroatoms. The summed E-state index contributed by atoms with van der Waals surface area (Å²) in [5.74, 6) is -1.60. The van der Waals surface area contributed by atoms with Gasteiger partial charge in [-0.2, -0.15) is 0 Å². The van der Waals surface area contributed by atoms with Gasteiger partial charge in [0.05, 0.1) is 0 Å². The van der Waals surface area contributed by atoms with E-state index in [1.54, 1.807) is 18.2 Å². The lowest BCUT2D eigenvalue weighted by Gasteiger charge is -2.20. The van der Waals surface area contributed by atoms with E-state index in [2.05, 4.69) is 5.32 Å². The zero-order valence-corrected chi connectivity index (χ0v) is 12.5. The molecule has 1 aromatic carbocycles. The molecule has 118 valence electrons. The van der Waals surface area contributed by atoms with Crippen molar-refractivity contribution >= 4 is 17.8 Å². The summed E-state index contributed by atoms with van der Waals surface area (Å²) in [6.07, 6.45) is 2.49. The van der Waals surface area contributed by atoms with E-state index in [0.29, 0.717) is 17.7 Å². The summed E-state index contributed by atoms with van der Waals surface area (Å²) in [6.45, 7) is 2.22. The van der Waals surface area contributed by atoms with Crippen molar-refractivity contribution in [2.24, 2.45) is 0 Å². The maximum absolute atomic E-state index is 12.5. The van der Waals surface area contributed by atoms with Crippen LogP contribution in [0.5, 0.6) is 0 Å². The Morgan fingerprint density at radius 3 is 2.55 bits per heavy atom. The largest absolute Gasteiger partial charge is 0.480 e. The van der Waals surface area contributed by atoms with Crippen LogP contribution in [0.25, 0.3) is 0 Å². The molecule has 0 unspecified atom stereocenters. The number of hydrogen-bond donors (Lipinski definition) is 2. The van der Waals surface area contributed by atoms with E-state index < -0.39 is 5.97 Å². The Balaban J connectivity index is 2.15. The number of carbonyl (C=O) groups is 3. The van der Waals surface area contributed by atoms with Crippen LogP contribution in [0.3, 0.4) is 0 Å². The number of amides is 2. The van der Waals surface area contributed by atoms with Crippen molar-refractivity contribution in [3.63, 3.8) is 0 Å². The van der Waals surface area contributed by atoms with Crippen LogP contribution < -0.4 is 5.32 Å². The van der Waals surface area contributed by atoms with Crippen LogP contribution in [-0.2, 0) is 4.79 Å². The molecular weight excluding hydrogens is 284 g/mol. The summed E-state index contributed by atoms with van der Waals surface area (Å²) in [6, 6.07) is 6.40. The minimum atomic E-state index is -1.03. The summed E-state index contributed by atoms with van der Waals surface area (Å²) in [4.78, 5) is 36.7. The number of carboxylic acid groups (broad SMARTS) is 1. The lowest BCUT2D eigenvalue weighted by atomic mass is 10.1. The normalized spacial score (nSPS) is 13.5. The fourth-order valence-electron chi connectivity index (χ4n) is 2.20. The maximum Gasteiger partial charge on any atom is 0.323 e. The monoisotopic (exact) mass is 304 g/mol. The van der Waals surface area contributed by atoms with Crippen LogP contribution in [0.4, 0.5) is 0 Å². The first-order valence-electron chi connectivity index (χ1n) is 7.44. The molecule has 0 aliphatic heterocycles. The lowest BCUT2D eigenvalue weighted by Crippen LogP contribution is -2.37. The number of carbonyl (C=O) groups excluding carboxylic acids is 2. The molecule has 0 aromatic heterocycles. The number of rotatable bonds is 7. The summed E-state index contributed by atoms with van der Waals surface area (Å²) in [5, 5.41) is 11.7. The van der Waals surface area contributed by atoms with Gasteiger partial charge in [-0.25, -0.2) is 0 Å². The topological polar surface area (TPSA) is 86.7 Å². The Morgan fingerprint density at radius 1 is 1.27 bits per heavy atom. The van der Waals surface area contributed by atoms with Crippen LogP contribution in [0.1, 0.15) is 46.9 Å². The van der Waals surface area contributed by atoms with E-state index in [-0.39, 0.29) is 24.4 Å². The molecule has 1 aliphatic rings. The average Bonchev–Trinajstić information content (AvgIpc) is 3.34. The average molecular weight is 304 g/mol. The Kier molecular flexibility index (Phi) is 5.14. The first-order chi connectivity index (χ1) is 10.5. The fourth-order valence-corrected chi connectivity index (χ4v) is 2.20. The third kappa shape index (κ3) is 4.07. The van der Waals surface area contributed by atoms with Gasteiger partial charge >= 0.3 is 5.97 Å². The second-order valence-corrected chi connectivity index (χ2v) is 5.39. The molecule has 2 N–H and O–H groups in total. The quantitative estimate of drug-likeness (QED) is 0.799. The number of benzene rings is 1. The summed E-state index contributed by atoms with van der Waals surface area (Å²) in [5.41, 5.74) is 0.752. The predicted molar refractivity (Wildman–Crippen MR) is 80.8 cm³/mol. The molecule has 0 atom stereocenters. The van der Waals surface area contributed by atoms with Crippen molar-refractivity contribution in [2.75, 3.05) is 13.1 Å². The van der Waals surface area contributed by atoms with Gasteiger partial charge in [0, 0.05) is 23.7 Å². The van der Waals surface area contributed by atoms with Crippen molar-refractivity contribution in [2.45, 2.75) is 32.2 Å². The molecule has 6 nitrogen and oxygen atoms in total. The number of aliphatic carboxylic acids is 1. The molecular formula is C16H20N2O4. The Hall–Kier alpha value is -2.37. The second kappa shape index (κ2) is 7.06. The van der Waals surface area contributed by atoms with Crippen molar-refractivity contribution < 1.29 is 19.5 Å². The molecule has 1 fully saturated rings. The highest BCUT2D eigenvalue weighted by Gasteiger charge is 2.34. The first kappa shape index (κ1) is 16.0. The number of nitrogens with zero attached hydrogens (tertiary/aromatic N) is 1. The molecule has 0 heterocycles. The van der Waals surface area contributed by atoms with Crippen molar-refractivity contribution in [3.8, 4) is 0 Å². The van der Waals surface area contributed by atoms with E-state index >= 15 is 0 Å². The van der Waals surface area contributed by atoms with Crippen molar-refractivity contribution in [1.29, 1.82) is 0 Å². The van der Waals surface area contributed by atoms with E-state index in [0.717, 1.165) is 19.3 Å². The van der Waals surface area contributed by atoms with Crippen molar-refractivity contribution in [1.82, 2.24) is 10.2 Å². The molecule has 22 heavy (non-hydrogen) atoms. The van der Waals surface area contributed by atoms with Gasteiger partial charge in [-0.15, -0.1) is 0 Å². The third-order valence-electron chi connectivity index (χ3n) is 3.46. The Labute approximate surface area is 129 Å². The zero-order valence-electron chi connectivity index (χ0n) is 12.5. The highest BCUT2D eigenvalue weighted by Crippen LogP contribution is 2.28. The second-order valence-electron chi connectivity index (χ2n) is 5.39. The van der Waals surface area contributed by atoms with Gasteiger partial charge in [-0.1, -0.05) is 13.0 Å². The lowest BCUT2D eigenvalue weighted by molar-refractivity contribution is -0.137. The Morgan fingerprint density at radius 2 is 1.95 bits per heavy atom. The molecule has 0 radical (unpaired) electrons. The highest BCUT2D eigenvalue weighted by atomic mass is 16.4. The van der Waals surface area contributed by atoms with Crippen LogP contribution in [-0.4, -0.2) is 46.9 Å². The molecule has 1 aromatic rings. The summed E-state index contributed by atoms with van der Waals surface area (Å²) >= 11 is 0. The predicted octanol–water partition coefficient (Wildman–Crippen LogP) is 1.52. The molecule has 0 saturated heterocycles. The van der Waals surface area contributed by atoms with Gasteiger partial charge in [-0.3, -0.25) is 14.4 Å². The third-order valence-corrected chi connectivity index (χ3v) is 3.46. The summed E-state index contributed by atoms with van der Waals surface area (Å²) in [7, 11) is 0. The van der Waals surface area contributed by atoms with Crippen molar-refractivity contribution in [3.05, 3.63) is 35.4 Å². The van der Waals surface area contributed by atoms with E-state index in [1.807, 2.05) is 6.92 Å². The van der Waals surface area contributed by atoms with Gasteiger partial charge in [0.2, 0.25) is 0 Å². The summed E-state index contributed by atoms with van der Waals surface area (Å²) < 4.78 is 0. The van der Waals surface area contributed by atoms with Crippen LogP contribution >= 0.6 is 0 Å². The van der Waals surface area contributed by atoms with Gasteiger partial charge in [-0.05, 0) is 37.5 Å². The first-order valence-corrected chi connectivity index (χ1v) is 7.44. The van der Waals surface area contributed by atoms with E-state index in [4.69, 9.17) is 5.11 Å². The minimum absolute atomic E-state index is 0.00109. The highest BCUT2D eigenvalue weighted by molar-refractivity contribution is 6.00. The van der Waals surface area contributed by atoms with Gasteiger partial charge in [0.25, 0.3) is 11.8 Å². The van der Waals surface area contributed by atoms with Gasteiger partial charge in [0.15, 0.2) is 0 Å². The standard InChI is InChI=1S/C16H20N2O4/c1-2-8-17-15(21)11-4-3-5-12(9-11)16(22)18(10-14(19)20)13-6-7-13/h3-5,9,13H,2,6-8,10H2,1H3,(H,17,21)(H,19,20). The molecule has 0 bridgehead atoms. The van der Waals surface area contributed by atoms with Crippen LogP contribution in [0, 0.1) is 0 Å². The van der Waals surface area contributed by atoms with Gasteiger partial charge in [0.1, 0.15) is 6.54 Å². The molecule has 1 saturated carbocycles. The molecule has 2 amide bonds. The van der Waals surface area contributed by atoms with E-state index in [9.17, 15) is 14.4 Å². The van der Waals surface area contributed by atoms with Crippen LogP contribution in [0.15, 0.2) is 24.3 Å². The van der Waals surface area contributed by atoms with E-state index in [1.165, 1.54) is 11.0 Å². The molecule has 0 spiro atoms. The van der Waals surface area contributed by atoms with Crippen LogP contribution in [0.2, 0.25) is 0 Å². The maximum atomic E-state index is 12.5. The fraction of sp³-hybridized carbons (Fsp3) is 0.438. The molecule has 2 rings (SSSR count). The minimum Gasteiger partial charge on any atom is -0.480 e. The van der Waals surface area contributed by atoms with Gasteiger partial charge < -0.3 is 15.3 Å². The zero-order chi connectivity index (χ0) is 16.1. The SMILES string of the molecule is CCCNC(=O)c1cccc(C(=O)N(CC(=O)O)C2CC2)c1. The Bertz CT molecular complexity index is 581. The number of carboxylic acids is 1. The number of nitrogens with one attached hydrogen (secondary N) is 1. The molecule has 1 aliphatic carbocycles. The smallest absolute Gasteiger partial charge is 0.323 e.